The third kappa shape index (κ3) is 2.31. The highest BCUT2D eigenvalue weighted by Gasteiger charge is 2.17. The van der Waals surface area contributed by atoms with Crippen molar-refractivity contribution < 1.29 is 4.42 Å². The predicted octanol–water partition coefficient (Wildman–Crippen LogP) is 1.91. The molecule has 1 atom stereocenters. The monoisotopic (exact) mass is 180 g/mol. The lowest BCUT2D eigenvalue weighted by Crippen LogP contribution is -2.33. The lowest BCUT2D eigenvalue weighted by molar-refractivity contribution is 0.162. The van der Waals surface area contributed by atoms with E-state index >= 15 is 0 Å². The van der Waals surface area contributed by atoms with E-state index in [2.05, 4.69) is 16.8 Å². The zero-order chi connectivity index (χ0) is 9.10. The van der Waals surface area contributed by atoms with E-state index in [1.165, 1.54) is 25.9 Å². The van der Waals surface area contributed by atoms with Crippen LogP contribution in [0.15, 0.2) is 16.9 Å². The molecule has 13 heavy (non-hydrogen) atoms. The van der Waals surface area contributed by atoms with Gasteiger partial charge in [-0.1, -0.05) is 6.92 Å². The Balaban J connectivity index is 1.87. The van der Waals surface area contributed by atoms with Crippen LogP contribution in [-0.2, 0) is 6.54 Å². The summed E-state index contributed by atoms with van der Waals surface area (Å²) in [6, 6.07) is 0. The Morgan fingerprint density at radius 1 is 1.69 bits per heavy atom. The zero-order valence-corrected chi connectivity index (χ0v) is 8.07. The van der Waals surface area contributed by atoms with E-state index in [1.807, 2.05) is 0 Å². The number of oxazole rings is 1. The molecule has 1 aromatic rings. The van der Waals surface area contributed by atoms with Crippen LogP contribution >= 0.6 is 0 Å². The topological polar surface area (TPSA) is 29.3 Å². The van der Waals surface area contributed by atoms with Gasteiger partial charge in [0.25, 0.3) is 0 Å². The molecule has 2 heterocycles. The fourth-order valence-corrected chi connectivity index (χ4v) is 1.95. The van der Waals surface area contributed by atoms with Gasteiger partial charge in [-0.25, -0.2) is 4.98 Å². The molecule has 0 amide bonds. The number of rotatable bonds is 2. The first-order chi connectivity index (χ1) is 6.34. The van der Waals surface area contributed by atoms with Gasteiger partial charge in [0, 0.05) is 6.54 Å². The highest BCUT2D eigenvalue weighted by molar-refractivity contribution is 4.81. The molecule has 1 aliphatic rings. The second kappa shape index (κ2) is 3.92. The molecule has 0 aromatic carbocycles. The summed E-state index contributed by atoms with van der Waals surface area (Å²) in [7, 11) is 0. The van der Waals surface area contributed by atoms with Gasteiger partial charge in [0.15, 0.2) is 0 Å². The Morgan fingerprint density at radius 3 is 3.31 bits per heavy atom. The minimum Gasteiger partial charge on any atom is -0.448 e. The summed E-state index contributed by atoms with van der Waals surface area (Å²) in [6.07, 6.45) is 6.02. The standard InChI is InChI=1S/C10H16N2O/c1-9-3-2-5-12(7-9)8-10-11-4-6-13-10/h4,6,9H,2-3,5,7-8H2,1H3. The molecular weight excluding hydrogens is 164 g/mol. The van der Waals surface area contributed by atoms with Crippen molar-refractivity contribution in [2.24, 2.45) is 5.92 Å². The fraction of sp³-hybridized carbons (Fsp3) is 0.700. The molecule has 1 aliphatic heterocycles. The number of nitrogens with zero attached hydrogens (tertiary/aromatic N) is 2. The Morgan fingerprint density at radius 2 is 2.62 bits per heavy atom. The molecule has 1 aromatic heterocycles. The summed E-state index contributed by atoms with van der Waals surface area (Å²) < 4.78 is 5.22. The van der Waals surface area contributed by atoms with E-state index in [0.717, 1.165) is 18.4 Å². The minimum atomic E-state index is 0.823. The number of piperidine rings is 1. The van der Waals surface area contributed by atoms with Crippen LogP contribution in [0.1, 0.15) is 25.7 Å². The van der Waals surface area contributed by atoms with Gasteiger partial charge in [0.05, 0.1) is 12.7 Å². The second-order valence-electron chi connectivity index (χ2n) is 3.91. The Labute approximate surface area is 78.8 Å². The van der Waals surface area contributed by atoms with E-state index in [0.29, 0.717) is 0 Å². The van der Waals surface area contributed by atoms with Gasteiger partial charge in [-0.05, 0) is 25.3 Å². The van der Waals surface area contributed by atoms with Crippen LogP contribution < -0.4 is 0 Å². The van der Waals surface area contributed by atoms with Crippen molar-refractivity contribution in [3.8, 4) is 0 Å². The molecule has 72 valence electrons. The second-order valence-corrected chi connectivity index (χ2v) is 3.91. The summed E-state index contributed by atoms with van der Waals surface area (Å²) in [5, 5.41) is 0. The lowest BCUT2D eigenvalue weighted by atomic mass is 10.0. The Kier molecular flexibility index (Phi) is 2.64. The molecule has 0 bridgehead atoms. The Hall–Kier alpha value is -0.830. The minimum absolute atomic E-state index is 0.823. The summed E-state index contributed by atoms with van der Waals surface area (Å²) in [6.45, 7) is 5.55. The molecule has 3 nitrogen and oxygen atoms in total. The van der Waals surface area contributed by atoms with Crippen LogP contribution in [0, 0.1) is 5.92 Å². The quantitative estimate of drug-likeness (QED) is 0.696. The van der Waals surface area contributed by atoms with Crippen molar-refractivity contribution >= 4 is 0 Å². The molecule has 0 aliphatic carbocycles. The Bertz CT molecular complexity index is 245. The first kappa shape index (κ1) is 8.75. The van der Waals surface area contributed by atoms with Crippen molar-refractivity contribution in [2.45, 2.75) is 26.3 Å². The van der Waals surface area contributed by atoms with Crippen LogP contribution in [0.25, 0.3) is 0 Å². The molecule has 2 rings (SSSR count). The van der Waals surface area contributed by atoms with E-state index in [1.54, 1.807) is 12.5 Å². The third-order valence-corrected chi connectivity index (χ3v) is 2.58. The number of aromatic nitrogens is 1. The molecule has 1 saturated heterocycles. The maximum atomic E-state index is 5.22. The van der Waals surface area contributed by atoms with Crippen LogP contribution in [0.5, 0.6) is 0 Å². The van der Waals surface area contributed by atoms with Gasteiger partial charge in [-0.15, -0.1) is 0 Å². The zero-order valence-electron chi connectivity index (χ0n) is 8.07. The van der Waals surface area contributed by atoms with E-state index < -0.39 is 0 Å². The van der Waals surface area contributed by atoms with Crippen LogP contribution in [0.4, 0.5) is 0 Å². The van der Waals surface area contributed by atoms with E-state index in [4.69, 9.17) is 4.42 Å². The average Bonchev–Trinajstić information content (AvgIpc) is 2.57. The van der Waals surface area contributed by atoms with Gasteiger partial charge in [-0.2, -0.15) is 0 Å². The first-order valence-electron chi connectivity index (χ1n) is 4.95. The lowest BCUT2D eigenvalue weighted by Gasteiger charge is -2.29. The van der Waals surface area contributed by atoms with Gasteiger partial charge in [0.1, 0.15) is 6.26 Å². The van der Waals surface area contributed by atoms with Crippen molar-refractivity contribution in [2.75, 3.05) is 13.1 Å². The van der Waals surface area contributed by atoms with E-state index in [9.17, 15) is 0 Å². The SMILES string of the molecule is CC1CCCN(Cc2ncco2)C1. The first-order valence-corrected chi connectivity index (χ1v) is 4.95. The summed E-state index contributed by atoms with van der Waals surface area (Å²) in [4.78, 5) is 6.54. The van der Waals surface area contributed by atoms with Crippen LogP contribution in [0.3, 0.4) is 0 Å². The molecule has 0 N–H and O–H groups in total. The van der Waals surface area contributed by atoms with E-state index in [-0.39, 0.29) is 0 Å². The molecule has 0 radical (unpaired) electrons. The molecule has 3 heteroatoms. The fourth-order valence-electron chi connectivity index (χ4n) is 1.95. The molecule has 0 saturated carbocycles. The highest BCUT2D eigenvalue weighted by atomic mass is 16.3. The molecule has 1 unspecified atom stereocenters. The normalized spacial score (nSPS) is 24.8. The molecule has 0 spiro atoms. The van der Waals surface area contributed by atoms with Gasteiger partial charge >= 0.3 is 0 Å². The summed E-state index contributed by atoms with van der Waals surface area (Å²) >= 11 is 0. The molecular formula is C10H16N2O. The van der Waals surface area contributed by atoms with Crippen molar-refractivity contribution in [1.82, 2.24) is 9.88 Å². The van der Waals surface area contributed by atoms with Crippen molar-refractivity contribution in [3.63, 3.8) is 0 Å². The predicted molar refractivity (Wildman–Crippen MR) is 50.2 cm³/mol. The number of hydrogen-bond donors (Lipinski definition) is 0. The van der Waals surface area contributed by atoms with Crippen LogP contribution in [0.2, 0.25) is 0 Å². The van der Waals surface area contributed by atoms with Gasteiger partial charge in [-0.3, -0.25) is 4.90 Å². The van der Waals surface area contributed by atoms with Crippen LogP contribution in [-0.4, -0.2) is 23.0 Å². The molecule has 1 fully saturated rings. The highest BCUT2D eigenvalue weighted by Crippen LogP contribution is 2.16. The average molecular weight is 180 g/mol. The maximum absolute atomic E-state index is 5.22. The van der Waals surface area contributed by atoms with Crippen molar-refractivity contribution in [1.29, 1.82) is 0 Å². The van der Waals surface area contributed by atoms with Gasteiger partial charge in [0.2, 0.25) is 5.89 Å². The van der Waals surface area contributed by atoms with Crippen molar-refractivity contribution in [3.05, 3.63) is 18.4 Å². The number of likely N-dealkylation sites (tertiary alicyclic amines) is 1. The largest absolute Gasteiger partial charge is 0.448 e. The number of hydrogen-bond acceptors (Lipinski definition) is 3. The summed E-state index contributed by atoms with van der Waals surface area (Å²) in [5.74, 6) is 1.66. The smallest absolute Gasteiger partial charge is 0.208 e. The maximum Gasteiger partial charge on any atom is 0.208 e. The third-order valence-electron chi connectivity index (χ3n) is 2.58. The summed E-state index contributed by atoms with van der Waals surface area (Å²) in [5.41, 5.74) is 0. The van der Waals surface area contributed by atoms with Gasteiger partial charge < -0.3 is 4.42 Å².